The van der Waals surface area contributed by atoms with Crippen LogP contribution in [0.5, 0.6) is 5.75 Å². The van der Waals surface area contributed by atoms with Crippen molar-refractivity contribution >= 4 is 38.6 Å². The van der Waals surface area contributed by atoms with Gasteiger partial charge >= 0.3 is 0 Å². The van der Waals surface area contributed by atoms with Gasteiger partial charge in [-0.3, -0.25) is 9.59 Å². The first-order chi connectivity index (χ1) is 14.1. The van der Waals surface area contributed by atoms with Crippen LogP contribution in [0.1, 0.15) is 0 Å². The number of phenolic OH excluding ortho intramolecular Hbond substituents is 1. The molecule has 0 aromatic heterocycles. The number of aromatic hydroxyl groups is 1. The molecule has 0 atom stereocenters. The molecule has 4 N–H and O–H groups in total. The number of rotatable bonds is 3. The molecule has 5 aromatic rings. The van der Waals surface area contributed by atoms with Gasteiger partial charge in [-0.25, -0.2) is 0 Å². The first-order valence-corrected chi connectivity index (χ1v) is 9.15. The van der Waals surface area contributed by atoms with Crippen molar-refractivity contribution in [1.82, 2.24) is 0 Å². The molecule has 29 heavy (non-hydrogen) atoms. The number of nitrogens with two attached hydrogens (primary N) is 1. The van der Waals surface area contributed by atoms with Gasteiger partial charge in [0.05, 0.1) is 0 Å². The molecular formula is C24H16N2O3. The number of fused-ring (bicyclic) bond motifs is 2. The third kappa shape index (κ3) is 2.48. The molecule has 0 aliphatic heterocycles. The van der Waals surface area contributed by atoms with E-state index in [9.17, 15) is 14.7 Å². The number of nitrogens with one attached hydrogen (secondary N) is 1. The first kappa shape index (κ1) is 17.0. The highest BCUT2D eigenvalue weighted by molar-refractivity contribution is 6.12. The first-order valence-electron chi connectivity index (χ1n) is 9.15. The Morgan fingerprint density at radius 3 is 1.93 bits per heavy atom. The van der Waals surface area contributed by atoms with Gasteiger partial charge in [-0.05, 0) is 33.7 Å². The maximum Gasteiger partial charge on any atom is 0.253 e. The number of anilines is 3. The highest BCUT2D eigenvalue weighted by atomic mass is 16.3. The largest absolute Gasteiger partial charge is 0.507 e. The molecule has 0 bridgehead atoms. The van der Waals surface area contributed by atoms with Gasteiger partial charge < -0.3 is 16.2 Å². The third-order valence-electron chi connectivity index (χ3n) is 5.29. The van der Waals surface area contributed by atoms with E-state index in [4.69, 9.17) is 5.73 Å². The molecule has 5 rings (SSSR count). The van der Waals surface area contributed by atoms with Crippen LogP contribution in [0.15, 0.2) is 82.4 Å². The third-order valence-corrected chi connectivity index (χ3v) is 5.29. The van der Waals surface area contributed by atoms with Gasteiger partial charge in [0.2, 0.25) is 0 Å². The summed E-state index contributed by atoms with van der Waals surface area (Å²) in [6.45, 7) is 0. The summed E-state index contributed by atoms with van der Waals surface area (Å²) >= 11 is 0. The minimum absolute atomic E-state index is 0.0729. The van der Waals surface area contributed by atoms with Crippen LogP contribution in [-0.2, 0) is 0 Å². The molecule has 0 spiro atoms. The van der Waals surface area contributed by atoms with E-state index in [0.717, 1.165) is 27.1 Å². The molecule has 0 fully saturated rings. The molecule has 0 saturated heterocycles. The Balaban J connectivity index is 1.87. The quantitative estimate of drug-likeness (QED) is 0.406. The molecule has 0 aliphatic rings. The van der Waals surface area contributed by atoms with E-state index in [-0.39, 0.29) is 17.1 Å². The van der Waals surface area contributed by atoms with Gasteiger partial charge in [-0.1, -0.05) is 60.7 Å². The molecule has 5 aromatic carbocycles. The van der Waals surface area contributed by atoms with E-state index in [0.29, 0.717) is 11.3 Å². The Kier molecular flexibility index (Phi) is 3.64. The second kappa shape index (κ2) is 6.21. The van der Waals surface area contributed by atoms with Crippen molar-refractivity contribution in [2.45, 2.75) is 0 Å². The van der Waals surface area contributed by atoms with Crippen molar-refractivity contribution in [3.63, 3.8) is 0 Å². The van der Waals surface area contributed by atoms with Crippen LogP contribution >= 0.6 is 0 Å². The van der Waals surface area contributed by atoms with Crippen molar-refractivity contribution in [3.05, 3.63) is 93.2 Å². The Morgan fingerprint density at radius 2 is 1.28 bits per heavy atom. The smallest absolute Gasteiger partial charge is 0.253 e. The zero-order valence-corrected chi connectivity index (χ0v) is 15.3. The Morgan fingerprint density at radius 1 is 0.690 bits per heavy atom. The topological polar surface area (TPSA) is 92.4 Å². The molecule has 0 saturated carbocycles. The summed E-state index contributed by atoms with van der Waals surface area (Å²) in [6, 6.07) is 22.9. The van der Waals surface area contributed by atoms with Gasteiger partial charge in [0.15, 0.2) is 0 Å². The van der Waals surface area contributed by atoms with Crippen molar-refractivity contribution < 1.29 is 5.11 Å². The maximum atomic E-state index is 12.0. The summed E-state index contributed by atoms with van der Waals surface area (Å²) in [6.07, 6.45) is 0. The van der Waals surface area contributed by atoms with Crippen LogP contribution in [0, 0.1) is 0 Å². The van der Waals surface area contributed by atoms with E-state index in [1.54, 1.807) is 6.07 Å². The van der Waals surface area contributed by atoms with E-state index in [1.165, 1.54) is 0 Å². The van der Waals surface area contributed by atoms with Gasteiger partial charge in [-0.15, -0.1) is 0 Å². The van der Waals surface area contributed by atoms with Crippen LogP contribution in [0.2, 0.25) is 0 Å². The Bertz CT molecular complexity index is 1490. The second-order valence-corrected chi connectivity index (χ2v) is 6.96. The van der Waals surface area contributed by atoms with Gasteiger partial charge in [0.25, 0.3) is 10.9 Å². The fourth-order valence-electron chi connectivity index (χ4n) is 3.84. The standard InChI is InChI=1S/C24H16N2O3/c25-21-22(24(29)23(21)28)26-17-11-9-13-5-1-3-7-15(13)19(17)20-16-8-4-2-6-14(16)10-12-18(20)27/h1-12,26-27H,25H2. The van der Waals surface area contributed by atoms with E-state index < -0.39 is 10.9 Å². The fraction of sp³-hybridized carbons (Fsp3) is 0. The number of hydrogen-bond donors (Lipinski definition) is 3. The molecule has 5 nitrogen and oxygen atoms in total. The van der Waals surface area contributed by atoms with E-state index in [1.807, 2.05) is 66.7 Å². The zero-order chi connectivity index (χ0) is 20.1. The summed E-state index contributed by atoms with van der Waals surface area (Å²) in [5.41, 5.74) is 6.41. The van der Waals surface area contributed by atoms with Crippen LogP contribution in [0.4, 0.5) is 17.1 Å². The lowest BCUT2D eigenvalue weighted by molar-refractivity contribution is 0.478. The fourth-order valence-corrected chi connectivity index (χ4v) is 3.84. The van der Waals surface area contributed by atoms with Gasteiger partial charge in [-0.2, -0.15) is 0 Å². The summed E-state index contributed by atoms with van der Waals surface area (Å²) < 4.78 is 0. The monoisotopic (exact) mass is 380 g/mol. The molecular weight excluding hydrogens is 364 g/mol. The predicted molar refractivity (Wildman–Crippen MR) is 118 cm³/mol. The zero-order valence-electron chi connectivity index (χ0n) is 15.3. The number of nitrogen functional groups attached to an aromatic ring is 1. The average molecular weight is 380 g/mol. The molecule has 0 heterocycles. The van der Waals surface area contributed by atoms with Crippen molar-refractivity contribution in [1.29, 1.82) is 0 Å². The van der Waals surface area contributed by atoms with Crippen molar-refractivity contribution in [2.24, 2.45) is 0 Å². The van der Waals surface area contributed by atoms with E-state index in [2.05, 4.69) is 5.32 Å². The van der Waals surface area contributed by atoms with Crippen molar-refractivity contribution in [3.8, 4) is 16.9 Å². The molecule has 0 aliphatic carbocycles. The minimum atomic E-state index is -0.678. The van der Waals surface area contributed by atoms with Gasteiger partial charge in [0, 0.05) is 16.8 Å². The van der Waals surface area contributed by atoms with Gasteiger partial charge in [0.1, 0.15) is 17.1 Å². The molecule has 5 heteroatoms. The maximum absolute atomic E-state index is 12.0. The van der Waals surface area contributed by atoms with E-state index >= 15 is 0 Å². The molecule has 0 radical (unpaired) electrons. The van der Waals surface area contributed by atoms with Crippen LogP contribution in [0.25, 0.3) is 32.7 Å². The normalized spacial score (nSPS) is 11.3. The lowest BCUT2D eigenvalue weighted by atomic mass is 9.91. The summed E-state index contributed by atoms with van der Waals surface area (Å²) in [4.78, 5) is 23.5. The summed E-state index contributed by atoms with van der Waals surface area (Å²) in [5.74, 6) is 0.126. The van der Waals surface area contributed by atoms with Crippen LogP contribution in [-0.4, -0.2) is 5.11 Å². The summed E-state index contributed by atoms with van der Waals surface area (Å²) in [7, 11) is 0. The number of hydrogen-bond acceptors (Lipinski definition) is 5. The second-order valence-electron chi connectivity index (χ2n) is 6.96. The molecule has 0 unspecified atom stereocenters. The Hall–Kier alpha value is -4.12. The Labute approximate surface area is 165 Å². The molecule has 140 valence electrons. The number of phenols is 1. The van der Waals surface area contributed by atoms with Crippen molar-refractivity contribution in [2.75, 3.05) is 11.1 Å². The summed E-state index contributed by atoms with van der Waals surface area (Å²) in [5, 5.41) is 17.6. The molecule has 0 amide bonds. The van der Waals surface area contributed by atoms with Crippen LogP contribution < -0.4 is 21.9 Å². The number of benzene rings is 4. The highest BCUT2D eigenvalue weighted by Crippen LogP contribution is 2.44. The lowest BCUT2D eigenvalue weighted by Crippen LogP contribution is -2.36. The lowest BCUT2D eigenvalue weighted by Gasteiger charge is -2.19. The predicted octanol–water partition coefficient (Wildman–Crippen LogP) is 4.29. The SMILES string of the molecule is Nc1c(Nc2ccc3ccccc3c2-c2c(O)ccc3ccccc23)c(=O)c1=O. The van der Waals surface area contributed by atoms with Crippen LogP contribution in [0.3, 0.4) is 0 Å². The highest BCUT2D eigenvalue weighted by Gasteiger charge is 2.22. The minimum Gasteiger partial charge on any atom is -0.507 e. The average Bonchev–Trinajstić information content (AvgIpc) is 2.76.